The molecular weight excluding hydrogens is 512 g/mol. The van der Waals surface area contributed by atoms with E-state index in [1.807, 2.05) is 60.8 Å². The molecule has 0 spiro atoms. The Hall–Kier alpha value is -4.24. The molecule has 2 aromatic carbocycles. The Balaban J connectivity index is 1.71. The molecule has 1 unspecified atom stereocenters. The second-order valence-electron chi connectivity index (χ2n) is 9.82. The SMILES string of the molecule is CCOC(=O)C1=C(C)N=c2sc(=Cc3cn(CC(N)=O)c4ccccc34)c(=O)n2C1c1ccc(C(C)C)cc1. The summed E-state index contributed by atoms with van der Waals surface area (Å²) in [5.74, 6) is -0.591. The van der Waals surface area contributed by atoms with Crippen molar-refractivity contribution in [2.45, 2.75) is 46.2 Å². The van der Waals surface area contributed by atoms with E-state index < -0.39 is 17.9 Å². The molecule has 0 aliphatic carbocycles. The quantitative estimate of drug-likeness (QED) is 0.361. The number of amides is 1. The largest absolute Gasteiger partial charge is 0.463 e. The van der Waals surface area contributed by atoms with Gasteiger partial charge in [-0.15, -0.1) is 0 Å². The number of fused-ring (bicyclic) bond motifs is 2. The number of nitrogens with zero attached hydrogens (tertiary/aromatic N) is 3. The third-order valence-corrected chi connectivity index (χ3v) is 7.85. The fraction of sp³-hybridized carbons (Fsp3) is 0.267. The highest BCUT2D eigenvalue weighted by atomic mass is 32.1. The zero-order valence-electron chi connectivity index (χ0n) is 22.3. The van der Waals surface area contributed by atoms with Crippen molar-refractivity contribution in [3.8, 4) is 0 Å². The van der Waals surface area contributed by atoms with Crippen LogP contribution < -0.4 is 20.6 Å². The number of carbonyl (C=O) groups excluding carboxylic acids is 2. The third kappa shape index (κ3) is 4.85. The topological polar surface area (TPSA) is 109 Å². The highest BCUT2D eigenvalue weighted by molar-refractivity contribution is 7.07. The lowest BCUT2D eigenvalue weighted by Crippen LogP contribution is -2.39. The molecule has 1 aliphatic rings. The Morgan fingerprint density at radius 1 is 1.15 bits per heavy atom. The normalized spacial score (nSPS) is 15.5. The fourth-order valence-electron chi connectivity index (χ4n) is 5.00. The van der Waals surface area contributed by atoms with Gasteiger partial charge >= 0.3 is 5.97 Å². The number of primary amides is 1. The van der Waals surface area contributed by atoms with Crippen LogP contribution in [0.1, 0.15) is 56.3 Å². The molecule has 9 heteroatoms. The van der Waals surface area contributed by atoms with E-state index in [2.05, 4.69) is 18.8 Å². The number of esters is 1. The Morgan fingerprint density at radius 3 is 2.54 bits per heavy atom. The van der Waals surface area contributed by atoms with Gasteiger partial charge in [-0.2, -0.15) is 0 Å². The van der Waals surface area contributed by atoms with Crippen LogP contribution in [0.15, 0.2) is 75.8 Å². The zero-order chi connectivity index (χ0) is 27.8. The molecule has 0 radical (unpaired) electrons. The van der Waals surface area contributed by atoms with Gasteiger partial charge in [0.05, 0.1) is 28.5 Å². The van der Waals surface area contributed by atoms with Gasteiger partial charge in [-0.25, -0.2) is 9.79 Å². The molecule has 200 valence electrons. The summed E-state index contributed by atoms with van der Waals surface area (Å²) >= 11 is 1.27. The van der Waals surface area contributed by atoms with E-state index in [1.54, 1.807) is 23.0 Å². The number of aromatic nitrogens is 2. The maximum absolute atomic E-state index is 14.0. The summed E-state index contributed by atoms with van der Waals surface area (Å²) in [6.07, 6.45) is 3.64. The third-order valence-electron chi connectivity index (χ3n) is 6.87. The van der Waals surface area contributed by atoms with Gasteiger partial charge in [0.1, 0.15) is 6.54 Å². The number of nitrogens with two attached hydrogens (primary N) is 1. The van der Waals surface area contributed by atoms with Crippen LogP contribution in [0.5, 0.6) is 0 Å². The summed E-state index contributed by atoms with van der Waals surface area (Å²) in [5.41, 5.74) is 9.69. The number of rotatable bonds is 7. The van der Waals surface area contributed by atoms with Crippen molar-refractivity contribution >= 4 is 40.2 Å². The summed E-state index contributed by atoms with van der Waals surface area (Å²) in [7, 11) is 0. The fourth-order valence-corrected chi connectivity index (χ4v) is 6.04. The number of para-hydroxylation sites is 1. The average Bonchev–Trinajstić information content (AvgIpc) is 3.39. The highest BCUT2D eigenvalue weighted by Crippen LogP contribution is 2.31. The predicted molar refractivity (Wildman–Crippen MR) is 152 cm³/mol. The second kappa shape index (κ2) is 10.5. The highest BCUT2D eigenvalue weighted by Gasteiger charge is 2.33. The molecule has 1 atom stereocenters. The summed E-state index contributed by atoms with van der Waals surface area (Å²) in [4.78, 5) is 43.9. The summed E-state index contributed by atoms with van der Waals surface area (Å²) in [5, 5.41) is 0.897. The van der Waals surface area contributed by atoms with Crippen LogP contribution in [0.3, 0.4) is 0 Å². The van der Waals surface area contributed by atoms with Gasteiger partial charge in [0.15, 0.2) is 4.80 Å². The van der Waals surface area contributed by atoms with Gasteiger partial charge in [-0.1, -0.05) is 67.6 Å². The van der Waals surface area contributed by atoms with E-state index in [4.69, 9.17) is 10.5 Å². The predicted octanol–water partition coefficient (Wildman–Crippen LogP) is 3.36. The molecule has 2 aromatic heterocycles. The van der Waals surface area contributed by atoms with E-state index in [9.17, 15) is 14.4 Å². The molecular formula is C30H30N4O4S. The molecule has 4 aromatic rings. The first-order chi connectivity index (χ1) is 18.7. The first-order valence-corrected chi connectivity index (χ1v) is 13.7. The molecule has 5 rings (SSSR count). The van der Waals surface area contributed by atoms with Crippen LogP contribution in [0.2, 0.25) is 0 Å². The Kier molecular flexibility index (Phi) is 7.10. The molecule has 1 aliphatic heterocycles. The smallest absolute Gasteiger partial charge is 0.338 e. The number of hydrogen-bond acceptors (Lipinski definition) is 6. The van der Waals surface area contributed by atoms with Crippen LogP contribution in [-0.2, 0) is 20.9 Å². The van der Waals surface area contributed by atoms with Crippen molar-refractivity contribution in [2.75, 3.05) is 6.61 Å². The van der Waals surface area contributed by atoms with Gasteiger partial charge in [-0.3, -0.25) is 14.2 Å². The van der Waals surface area contributed by atoms with Gasteiger partial charge in [0.2, 0.25) is 5.91 Å². The van der Waals surface area contributed by atoms with E-state index >= 15 is 0 Å². The standard InChI is InChI=1S/C30H30N4O4S/c1-5-38-29(37)26-18(4)32-30-34(27(26)20-12-10-19(11-13-20)17(2)3)28(36)24(39-30)14-21-15-33(16-25(31)35)23-9-7-6-8-22(21)23/h6-15,17,27H,5,16H2,1-4H3,(H2,31,35). The minimum absolute atomic E-state index is 0.0318. The van der Waals surface area contributed by atoms with Crippen LogP contribution >= 0.6 is 11.3 Å². The first kappa shape index (κ1) is 26.4. The average molecular weight is 543 g/mol. The van der Waals surface area contributed by atoms with E-state index in [1.165, 1.54) is 11.3 Å². The number of ether oxygens (including phenoxy) is 1. The zero-order valence-corrected chi connectivity index (χ0v) is 23.1. The molecule has 0 fully saturated rings. The van der Waals surface area contributed by atoms with Crippen LogP contribution in [0.4, 0.5) is 0 Å². The number of allylic oxidation sites excluding steroid dienone is 1. The minimum atomic E-state index is -0.667. The van der Waals surface area contributed by atoms with Crippen molar-refractivity contribution in [3.63, 3.8) is 0 Å². The Morgan fingerprint density at radius 2 is 1.87 bits per heavy atom. The Bertz CT molecular complexity index is 1810. The van der Waals surface area contributed by atoms with Crippen molar-refractivity contribution in [1.29, 1.82) is 0 Å². The lowest BCUT2D eigenvalue weighted by Gasteiger charge is -2.25. The number of hydrogen-bond donors (Lipinski definition) is 1. The molecule has 0 bridgehead atoms. The van der Waals surface area contributed by atoms with E-state index in [0.29, 0.717) is 26.5 Å². The lowest BCUT2D eigenvalue weighted by atomic mass is 9.93. The van der Waals surface area contributed by atoms with Crippen LogP contribution in [0.25, 0.3) is 17.0 Å². The van der Waals surface area contributed by atoms with Crippen molar-refractivity contribution in [1.82, 2.24) is 9.13 Å². The number of benzene rings is 2. The van der Waals surface area contributed by atoms with Gasteiger partial charge < -0.3 is 15.0 Å². The Labute approximate surface area is 229 Å². The van der Waals surface area contributed by atoms with Crippen molar-refractivity contribution < 1.29 is 14.3 Å². The molecule has 2 N–H and O–H groups in total. The summed E-state index contributed by atoms with van der Waals surface area (Å²) in [6.45, 7) is 8.01. The maximum Gasteiger partial charge on any atom is 0.338 e. The van der Waals surface area contributed by atoms with Gasteiger partial charge in [0, 0.05) is 22.7 Å². The summed E-state index contributed by atoms with van der Waals surface area (Å²) in [6, 6.07) is 15.0. The molecule has 0 saturated heterocycles. The maximum atomic E-state index is 14.0. The molecule has 1 amide bonds. The monoisotopic (exact) mass is 542 g/mol. The van der Waals surface area contributed by atoms with Gasteiger partial charge in [0.25, 0.3) is 5.56 Å². The molecule has 0 saturated carbocycles. The first-order valence-electron chi connectivity index (χ1n) is 12.8. The van der Waals surface area contributed by atoms with Crippen LogP contribution in [-0.4, -0.2) is 27.6 Å². The van der Waals surface area contributed by atoms with Gasteiger partial charge in [-0.05, 0) is 43.0 Å². The van der Waals surface area contributed by atoms with E-state index in [-0.39, 0.29) is 18.7 Å². The van der Waals surface area contributed by atoms with Crippen molar-refractivity contribution in [3.05, 3.63) is 102 Å². The van der Waals surface area contributed by atoms with E-state index in [0.717, 1.165) is 27.6 Å². The molecule has 3 heterocycles. The number of thiazole rings is 1. The number of carbonyl (C=O) groups is 2. The molecule has 8 nitrogen and oxygen atoms in total. The summed E-state index contributed by atoms with van der Waals surface area (Å²) < 4.78 is 9.22. The minimum Gasteiger partial charge on any atom is -0.463 e. The van der Waals surface area contributed by atoms with Crippen molar-refractivity contribution in [2.24, 2.45) is 10.7 Å². The van der Waals surface area contributed by atoms with Crippen LogP contribution in [0, 0.1) is 0 Å². The lowest BCUT2D eigenvalue weighted by molar-refractivity contribution is -0.139. The second-order valence-corrected chi connectivity index (χ2v) is 10.8. The molecule has 39 heavy (non-hydrogen) atoms.